The first kappa shape index (κ1) is 15.5. The number of benzene rings is 1. The minimum atomic E-state index is -0.136. The molecule has 4 nitrogen and oxygen atoms in total. The summed E-state index contributed by atoms with van der Waals surface area (Å²) >= 11 is 13.5. The van der Waals surface area contributed by atoms with Gasteiger partial charge in [0.2, 0.25) is 0 Å². The van der Waals surface area contributed by atoms with Gasteiger partial charge in [-0.05, 0) is 30.3 Å². The van der Waals surface area contributed by atoms with E-state index in [0.29, 0.717) is 28.3 Å². The van der Waals surface area contributed by atoms with Crippen LogP contribution in [-0.2, 0) is 13.1 Å². The Hall–Kier alpha value is -1.40. The maximum Gasteiger partial charge on any atom is 0.258 e. The molecule has 114 valence electrons. The van der Waals surface area contributed by atoms with Gasteiger partial charge in [-0.1, -0.05) is 23.2 Å². The van der Waals surface area contributed by atoms with Crippen LogP contribution in [0.25, 0.3) is 10.9 Å². The molecule has 3 aromatic rings. The number of fused-ring (bicyclic) bond motifs is 1. The number of aromatic amines is 1. The SMILES string of the molecule is C[NH+](Cc1nc2cc(Cl)ccc2c(=O)[nH]1)Cc1ccc(Cl)s1. The van der Waals surface area contributed by atoms with Crippen LogP contribution in [0, 0.1) is 0 Å². The van der Waals surface area contributed by atoms with Crippen molar-refractivity contribution in [2.24, 2.45) is 0 Å². The molecular formula is C15H14Cl2N3OS+. The molecule has 1 atom stereocenters. The van der Waals surface area contributed by atoms with Gasteiger partial charge in [-0.2, -0.15) is 0 Å². The summed E-state index contributed by atoms with van der Waals surface area (Å²) in [7, 11) is 2.05. The van der Waals surface area contributed by atoms with Crippen molar-refractivity contribution in [2.45, 2.75) is 13.1 Å². The van der Waals surface area contributed by atoms with Gasteiger partial charge >= 0.3 is 0 Å². The van der Waals surface area contributed by atoms with Crippen molar-refractivity contribution in [3.8, 4) is 0 Å². The van der Waals surface area contributed by atoms with E-state index in [4.69, 9.17) is 23.2 Å². The molecule has 0 amide bonds. The average Bonchev–Trinajstić information content (AvgIpc) is 2.83. The van der Waals surface area contributed by atoms with Gasteiger partial charge in [0, 0.05) is 5.02 Å². The molecule has 0 saturated carbocycles. The van der Waals surface area contributed by atoms with Crippen LogP contribution in [0.2, 0.25) is 9.36 Å². The molecule has 0 aliphatic carbocycles. The number of aromatic nitrogens is 2. The van der Waals surface area contributed by atoms with Crippen molar-refractivity contribution in [1.29, 1.82) is 0 Å². The van der Waals surface area contributed by atoms with Crippen LogP contribution in [0.1, 0.15) is 10.7 Å². The smallest absolute Gasteiger partial charge is 0.258 e. The molecule has 0 radical (unpaired) electrons. The molecule has 0 fully saturated rings. The van der Waals surface area contributed by atoms with Crippen molar-refractivity contribution in [3.63, 3.8) is 0 Å². The largest absolute Gasteiger partial charge is 0.327 e. The molecule has 7 heteroatoms. The summed E-state index contributed by atoms with van der Waals surface area (Å²) in [5, 5.41) is 1.13. The van der Waals surface area contributed by atoms with Crippen LogP contribution in [0.3, 0.4) is 0 Å². The van der Waals surface area contributed by atoms with Crippen molar-refractivity contribution in [3.05, 3.63) is 60.7 Å². The minimum absolute atomic E-state index is 0.136. The third-order valence-electron chi connectivity index (χ3n) is 3.29. The lowest BCUT2D eigenvalue weighted by Gasteiger charge is -2.12. The summed E-state index contributed by atoms with van der Waals surface area (Å²) in [6.45, 7) is 1.45. The highest BCUT2D eigenvalue weighted by Gasteiger charge is 2.11. The normalized spacial score (nSPS) is 12.7. The number of rotatable bonds is 4. The Morgan fingerprint density at radius 2 is 2.05 bits per heavy atom. The molecule has 0 spiro atoms. The fraction of sp³-hybridized carbons (Fsp3) is 0.200. The fourth-order valence-corrected chi connectivity index (χ4v) is 3.71. The third kappa shape index (κ3) is 3.50. The highest BCUT2D eigenvalue weighted by Crippen LogP contribution is 2.20. The second-order valence-corrected chi connectivity index (χ2v) is 7.43. The predicted molar refractivity (Wildman–Crippen MR) is 91.0 cm³/mol. The predicted octanol–water partition coefficient (Wildman–Crippen LogP) is 2.51. The minimum Gasteiger partial charge on any atom is -0.327 e. The number of nitrogens with zero attached hydrogens (tertiary/aromatic N) is 1. The van der Waals surface area contributed by atoms with Crippen LogP contribution in [0.4, 0.5) is 0 Å². The lowest BCUT2D eigenvalue weighted by Crippen LogP contribution is -3.06. The molecule has 2 heterocycles. The van der Waals surface area contributed by atoms with E-state index >= 15 is 0 Å². The number of halogens is 2. The Kier molecular flexibility index (Phi) is 4.49. The molecular weight excluding hydrogens is 341 g/mol. The standard InChI is InChI=1S/C15H13Cl2N3OS/c1-20(7-10-3-5-13(17)22-10)8-14-18-12-6-9(16)2-4-11(12)15(21)19-14/h2-6H,7-8H2,1H3,(H,18,19,21)/p+1. The van der Waals surface area contributed by atoms with Crippen molar-refractivity contribution < 1.29 is 4.90 Å². The van der Waals surface area contributed by atoms with Gasteiger partial charge in [-0.3, -0.25) is 4.79 Å². The molecule has 22 heavy (non-hydrogen) atoms. The topological polar surface area (TPSA) is 50.2 Å². The Bertz CT molecular complexity index is 875. The number of hydrogen-bond donors (Lipinski definition) is 2. The van der Waals surface area contributed by atoms with E-state index in [1.165, 1.54) is 9.78 Å². The first-order chi connectivity index (χ1) is 10.5. The van der Waals surface area contributed by atoms with Gasteiger partial charge in [-0.15, -0.1) is 11.3 Å². The zero-order valence-electron chi connectivity index (χ0n) is 11.8. The van der Waals surface area contributed by atoms with E-state index in [1.807, 2.05) is 12.1 Å². The number of thiophene rings is 1. The van der Waals surface area contributed by atoms with Gasteiger partial charge in [0.05, 0.1) is 27.2 Å². The van der Waals surface area contributed by atoms with Crippen molar-refractivity contribution in [1.82, 2.24) is 9.97 Å². The number of quaternary nitrogens is 1. The van der Waals surface area contributed by atoms with Crippen LogP contribution < -0.4 is 10.5 Å². The van der Waals surface area contributed by atoms with Gasteiger partial charge in [0.25, 0.3) is 5.56 Å². The van der Waals surface area contributed by atoms with E-state index in [9.17, 15) is 4.79 Å². The molecule has 0 aliphatic rings. The monoisotopic (exact) mass is 354 g/mol. The maximum atomic E-state index is 12.1. The van der Waals surface area contributed by atoms with E-state index < -0.39 is 0 Å². The quantitative estimate of drug-likeness (QED) is 0.756. The summed E-state index contributed by atoms with van der Waals surface area (Å²) in [5.41, 5.74) is 0.488. The lowest BCUT2D eigenvalue weighted by atomic mass is 10.2. The molecule has 1 aromatic carbocycles. The summed E-state index contributed by atoms with van der Waals surface area (Å²) in [5.74, 6) is 0.653. The second kappa shape index (κ2) is 6.38. The molecule has 2 aromatic heterocycles. The average molecular weight is 355 g/mol. The summed E-state index contributed by atoms with van der Waals surface area (Å²) in [6, 6.07) is 9.01. The number of nitrogens with one attached hydrogen (secondary N) is 2. The summed E-state index contributed by atoms with van der Waals surface area (Å²) in [4.78, 5) is 21.8. The van der Waals surface area contributed by atoms with Crippen molar-refractivity contribution in [2.75, 3.05) is 7.05 Å². The van der Waals surface area contributed by atoms with Gasteiger partial charge in [-0.25, -0.2) is 4.98 Å². The van der Waals surface area contributed by atoms with Crippen LogP contribution in [0.15, 0.2) is 35.1 Å². The molecule has 3 rings (SSSR count). The summed E-state index contributed by atoms with van der Waals surface area (Å²) < 4.78 is 0.787. The molecule has 0 saturated heterocycles. The highest BCUT2D eigenvalue weighted by molar-refractivity contribution is 7.16. The maximum absolute atomic E-state index is 12.1. The fourth-order valence-electron chi connectivity index (χ4n) is 2.34. The molecule has 0 bridgehead atoms. The second-order valence-electron chi connectivity index (χ2n) is 5.19. The number of H-pyrrole nitrogens is 1. The van der Waals surface area contributed by atoms with Gasteiger partial charge in [0.1, 0.15) is 13.1 Å². The Morgan fingerprint density at radius 1 is 1.23 bits per heavy atom. The van der Waals surface area contributed by atoms with Crippen molar-refractivity contribution >= 4 is 45.4 Å². The zero-order chi connectivity index (χ0) is 15.7. The van der Waals surface area contributed by atoms with E-state index in [0.717, 1.165) is 10.9 Å². The van der Waals surface area contributed by atoms with E-state index in [1.54, 1.807) is 29.5 Å². The Morgan fingerprint density at radius 3 is 2.77 bits per heavy atom. The van der Waals surface area contributed by atoms with Crippen LogP contribution in [-0.4, -0.2) is 17.0 Å². The summed E-state index contributed by atoms with van der Waals surface area (Å²) in [6.07, 6.45) is 0. The van der Waals surface area contributed by atoms with E-state index in [-0.39, 0.29) is 5.56 Å². The van der Waals surface area contributed by atoms with Crippen LogP contribution in [0.5, 0.6) is 0 Å². The highest BCUT2D eigenvalue weighted by atomic mass is 35.5. The lowest BCUT2D eigenvalue weighted by molar-refractivity contribution is -0.908. The molecule has 0 aliphatic heterocycles. The Balaban J connectivity index is 1.82. The van der Waals surface area contributed by atoms with Crippen LogP contribution >= 0.6 is 34.5 Å². The Labute approximate surface area is 141 Å². The molecule has 1 unspecified atom stereocenters. The van der Waals surface area contributed by atoms with E-state index in [2.05, 4.69) is 17.0 Å². The van der Waals surface area contributed by atoms with Gasteiger partial charge < -0.3 is 9.88 Å². The third-order valence-corrected chi connectivity index (χ3v) is 4.76. The first-order valence-electron chi connectivity index (χ1n) is 6.75. The zero-order valence-corrected chi connectivity index (χ0v) is 14.1. The first-order valence-corrected chi connectivity index (χ1v) is 8.32. The number of hydrogen-bond acceptors (Lipinski definition) is 3. The molecule has 2 N–H and O–H groups in total. The van der Waals surface area contributed by atoms with Gasteiger partial charge in [0.15, 0.2) is 5.82 Å².